The maximum atomic E-state index is 10.8. The molecule has 4 nitrogen and oxygen atoms in total. The molecule has 0 saturated heterocycles. The third-order valence-corrected chi connectivity index (χ3v) is 4.95. The number of H-pyrrole nitrogens is 1. The number of carbonyl (C=O) groups excluding carboxylic acids is 1. The molecule has 0 aliphatic heterocycles. The Morgan fingerprint density at radius 1 is 0.833 bits per heavy atom. The highest BCUT2D eigenvalue weighted by molar-refractivity contribution is 6.17. The number of rotatable bonds is 2. The minimum Gasteiger partial charge on any atom is -0.508 e. The van der Waals surface area contributed by atoms with Crippen molar-refractivity contribution in [2.24, 2.45) is 4.99 Å². The molecule has 5 rings (SSSR count). The Kier molecular flexibility index (Phi) is 5.57. The van der Waals surface area contributed by atoms with Crippen LogP contribution in [0.4, 0.5) is 5.69 Å². The number of aryl methyl sites for hydroxylation is 1. The van der Waals surface area contributed by atoms with E-state index >= 15 is 0 Å². The van der Waals surface area contributed by atoms with Gasteiger partial charge >= 0.3 is 0 Å². The van der Waals surface area contributed by atoms with E-state index in [0.717, 1.165) is 17.8 Å². The van der Waals surface area contributed by atoms with Gasteiger partial charge in [0.25, 0.3) is 0 Å². The minimum atomic E-state index is -0.0281. The van der Waals surface area contributed by atoms with Gasteiger partial charge in [0.15, 0.2) is 5.78 Å². The summed E-state index contributed by atoms with van der Waals surface area (Å²) in [6.07, 6.45) is 7.34. The Labute approximate surface area is 174 Å². The standard InChI is InChI=1S/C14H13N.C12H9NO2/c1-2-10-6-5-8-12-11-7-3-4-9-13(11)15-14(10)12;14-11-5-1-9(2-6-11)13-10-3-7-12(15)8-4-10/h3-9,15H,2H2,1H3;1-8,14H. The van der Waals surface area contributed by atoms with Crippen LogP contribution in [-0.4, -0.2) is 21.6 Å². The fourth-order valence-electron chi connectivity index (χ4n) is 3.43. The number of aromatic nitrogens is 1. The number of ketones is 1. The Morgan fingerprint density at radius 2 is 1.53 bits per heavy atom. The summed E-state index contributed by atoms with van der Waals surface area (Å²) >= 11 is 0. The molecule has 4 aromatic rings. The van der Waals surface area contributed by atoms with E-state index in [0.29, 0.717) is 0 Å². The van der Waals surface area contributed by atoms with E-state index in [1.54, 1.807) is 36.4 Å². The van der Waals surface area contributed by atoms with E-state index in [4.69, 9.17) is 5.11 Å². The number of phenols is 1. The molecule has 2 N–H and O–H groups in total. The second-order valence-corrected chi connectivity index (χ2v) is 6.99. The molecule has 1 heterocycles. The van der Waals surface area contributed by atoms with E-state index < -0.39 is 0 Å². The largest absolute Gasteiger partial charge is 0.508 e. The van der Waals surface area contributed by atoms with Crippen LogP contribution in [0.25, 0.3) is 21.8 Å². The molecule has 0 fully saturated rings. The first-order chi connectivity index (χ1) is 14.6. The SMILES string of the molecule is CCc1cccc2c1[nH]c1ccccc12.O=C1C=CC(=Nc2ccc(O)cc2)C=C1. The Balaban J connectivity index is 0.000000145. The van der Waals surface area contributed by atoms with Crippen LogP contribution in [0.1, 0.15) is 12.5 Å². The van der Waals surface area contributed by atoms with Crippen LogP contribution < -0.4 is 0 Å². The average molecular weight is 394 g/mol. The molecule has 0 bridgehead atoms. The van der Waals surface area contributed by atoms with Gasteiger partial charge < -0.3 is 10.1 Å². The lowest BCUT2D eigenvalue weighted by atomic mass is 10.1. The summed E-state index contributed by atoms with van der Waals surface area (Å²) in [5.41, 5.74) is 5.38. The van der Waals surface area contributed by atoms with Crippen molar-refractivity contribution in [1.29, 1.82) is 0 Å². The Hall–Kier alpha value is -3.92. The van der Waals surface area contributed by atoms with E-state index in [-0.39, 0.29) is 11.5 Å². The number of aromatic hydroxyl groups is 1. The number of carbonyl (C=O) groups is 1. The fraction of sp³-hybridized carbons (Fsp3) is 0.0769. The van der Waals surface area contributed by atoms with Crippen molar-refractivity contribution < 1.29 is 9.90 Å². The van der Waals surface area contributed by atoms with Gasteiger partial charge in [-0.1, -0.05) is 43.3 Å². The van der Waals surface area contributed by atoms with Crippen LogP contribution in [0.5, 0.6) is 5.75 Å². The number of para-hydroxylation sites is 2. The van der Waals surface area contributed by atoms with Crippen LogP contribution in [0.15, 0.2) is 96.0 Å². The molecule has 0 atom stereocenters. The molecule has 0 radical (unpaired) electrons. The summed E-state index contributed by atoms with van der Waals surface area (Å²) < 4.78 is 0. The van der Waals surface area contributed by atoms with Crippen molar-refractivity contribution in [3.8, 4) is 5.75 Å². The van der Waals surface area contributed by atoms with Crippen molar-refractivity contribution >= 4 is 39.0 Å². The van der Waals surface area contributed by atoms with Crippen LogP contribution >= 0.6 is 0 Å². The molecular formula is C26H22N2O2. The number of hydrogen-bond donors (Lipinski definition) is 2. The maximum absolute atomic E-state index is 10.8. The van der Waals surface area contributed by atoms with Crippen molar-refractivity contribution in [3.05, 3.63) is 96.6 Å². The van der Waals surface area contributed by atoms with Crippen LogP contribution in [-0.2, 0) is 11.2 Å². The molecule has 3 aromatic carbocycles. The van der Waals surface area contributed by atoms with Gasteiger partial charge in [0.05, 0.1) is 11.4 Å². The average Bonchev–Trinajstić information content (AvgIpc) is 3.16. The summed E-state index contributed by atoms with van der Waals surface area (Å²) in [7, 11) is 0. The third-order valence-electron chi connectivity index (χ3n) is 4.95. The summed E-state index contributed by atoms with van der Waals surface area (Å²) in [4.78, 5) is 18.6. The van der Waals surface area contributed by atoms with Crippen LogP contribution in [0.3, 0.4) is 0 Å². The van der Waals surface area contributed by atoms with Crippen LogP contribution in [0.2, 0.25) is 0 Å². The molecule has 1 aromatic heterocycles. The van der Waals surface area contributed by atoms with E-state index in [2.05, 4.69) is 59.4 Å². The molecule has 148 valence electrons. The molecule has 4 heteroatoms. The molecule has 0 amide bonds. The van der Waals surface area contributed by atoms with Crippen LogP contribution in [0, 0.1) is 0 Å². The summed E-state index contributed by atoms with van der Waals surface area (Å²) in [5, 5.41) is 11.7. The molecule has 30 heavy (non-hydrogen) atoms. The first-order valence-electron chi connectivity index (χ1n) is 9.90. The smallest absolute Gasteiger partial charge is 0.178 e. The summed E-state index contributed by atoms with van der Waals surface area (Å²) in [5.74, 6) is 0.184. The van der Waals surface area contributed by atoms with Gasteiger partial charge in [0.2, 0.25) is 0 Å². The van der Waals surface area contributed by atoms with Gasteiger partial charge in [-0.3, -0.25) is 4.79 Å². The van der Waals surface area contributed by atoms with Gasteiger partial charge in [-0.2, -0.15) is 0 Å². The zero-order chi connectivity index (χ0) is 20.9. The highest BCUT2D eigenvalue weighted by Gasteiger charge is 2.05. The predicted molar refractivity (Wildman–Crippen MR) is 124 cm³/mol. The number of allylic oxidation sites excluding steroid dienone is 4. The number of aliphatic imine (C=N–C) groups is 1. The quantitative estimate of drug-likeness (QED) is 0.407. The third kappa shape index (κ3) is 4.23. The minimum absolute atomic E-state index is 0.0281. The van der Waals surface area contributed by atoms with Crippen molar-refractivity contribution in [1.82, 2.24) is 4.98 Å². The number of hydrogen-bond acceptors (Lipinski definition) is 3. The second-order valence-electron chi connectivity index (χ2n) is 6.99. The van der Waals surface area contributed by atoms with Gasteiger partial charge in [-0.25, -0.2) is 4.99 Å². The summed E-state index contributed by atoms with van der Waals surface area (Å²) in [6, 6.07) is 21.6. The van der Waals surface area contributed by atoms with E-state index in [1.807, 2.05) is 0 Å². The zero-order valence-electron chi connectivity index (χ0n) is 16.7. The topological polar surface area (TPSA) is 65.5 Å². The number of fused-ring (bicyclic) bond motifs is 3. The fourth-order valence-corrected chi connectivity index (χ4v) is 3.43. The first-order valence-corrected chi connectivity index (χ1v) is 9.90. The molecule has 0 saturated carbocycles. The van der Waals surface area contributed by atoms with Crippen molar-refractivity contribution in [2.45, 2.75) is 13.3 Å². The Morgan fingerprint density at radius 3 is 2.27 bits per heavy atom. The van der Waals surface area contributed by atoms with Crippen molar-refractivity contribution in [2.75, 3.05) is 0 Å². The lowest BCUT2D eigenvalue weighted by Gasteiger charge is -1.99. The normalized spacial score (nSPS) is 12.8. The maximum Gasteiger partial charge on any atom is 0.178 e. The highest BCUT2D eigenvalue weighted by atomic mass is 16.3. The van der Waals surface area contributed by atoms with Crippen molar-refractivity contribution in [3.63, 3.8) is 0 Å². The first kappa shape index (κ1) is 19.4. The number of nitrogens with one attached hydrogen (secondary N) is 1. The monoisotopic (exact) mass is 394 g/mol. The molecule has 1 aliphatic rings. The predicted octanol–water partition coefficient (Wildman–Crippen LogP) is 6.04. The number of phenolic OH excluding ortho intramolecular Hbond substituents is 1. The number of benzene rings is 3. The molecule has 0 spiro atoms. The van der Waals surface area contributed by atoms with Gasteiger partial charge in [0.1, 0.15) is 5.75 Å². The van der Waals surface area contributed by atoms with Gasteiger partial charge in [-0.05, 0) is 66.6 Å². The van der Waals surface area contributed by atoms with E-state index in [9.17, 15) is 4.79 Å². The van der Waals surface area contributed by atoms with Gasteiger partial charge in [-0.15, -0.1) is 0 Å². The molecule has 1 aliphatic carbocycles. The molecule has 0 unspecified atom stereocenters. The highest BCUT2D eigenvalue weighted by Crippen LogP contribution is 2.27. The number of aromatic amines is 1. The second kappa shape index (κ2) is 8.62. The molecular weight excluding hydrogens is 372 g/mol. The van der Waals surface area contributed by atoms with Gasteiger partial charge in [0, 0.05) is 21.8 Å². The lowest BCUT2D eigenvalue weighted by Crippen LogP contribution is -1.98. The lowest BCUT2D eigenvalue weighted by molar-refractivity contribution is -0.110. The zero-order valence-corrected chi connectivity index (χ0v) is 16.7. The van der Waals surface area contributed by atoms with E-state index in [1.165, 1.54) is 39.5 Å². The number of nitrogens with zero attached hydrogens (tertiary/aromatic N) is 1. The summed E-state index contributed by atoms with van der Waals surface area (Å²) in [6.45, 7) is 2.19. The Bertz CT molecular complexity index is 1270.